The number of ether oxygens (including phenoxy) is 1. The molecule has 8 nitrogen and oxygen atoms in total. The highest BCUT2D eigenvalue weighted by Crippen LogP contribution is 2.30. The molecule has 2 aromatic carbocycles. The van der Waals surface area contributed by atoms with Gasteiger partial charge in [-0.05, 0) is 48.7 Å². The van der Waals surface area contributed by atoms with Crippen molar-refractivity contribution in [2.24, 2.45) is 0 Å². The summed E-state index contributed by atoms with van der Waals surface area (Å²) in [6, 6.07) is 8.72. The van der Waals surface area contributed by atoms with E-state index >= 15 is 0 Å². The molecule has 1 N–H and O–H groups in total. The predicted octanol–water partition coefficient (Wildman–Crippen LogP) is 2.51. The Morgan fingerprint density at radius 2 is 1.89 bits per heavy atom. The van der Waals surface area contributed by atoms with E-state index in [1.807, 2.05) is 0 Å². The minimum Gasteiger partial charge on any atom is -0.376 e. The first-order valence-electron chi connectivity index (χ1n) is 10.7. The number of amides is 1. The molecule has 0 spiro atoms. The molecule has 2 heterocycles. The quantitative estimate of drug-likeness (QED) is 0.534. The van der Waals surface area contributed by atoms with Gasteiger partial charge in [0.15, 0.2) is 0 Å². The predicted molar refractivity (Wildman–Crippen MR) is 116 cm³/mol. The first-order chi connectivity index (χ1) is 16.6. The largest absolute Gasteiger partial charge is 0.416 e. The number of rotatable bonds is 6. The minimum absolute atomic E-state index is 0.0978. The third-order valence-electron chi connectivity index (χ3n) is 5.46. The molecule has 0 aliphatic carbocycles. The molecule has 1 saturated heterocycles. The summed E-state index contributed by atoms with van der Waals surface area (Å²) < 4.78 is 59.7. The molecule has 12 heteroatoms. The lowest BCUT2D eigenvalue weighted by Gasteiger charge is -2.14. The van der Waals surface area contributed by atoms with E-state index in [0.717, 1.165) is 30.7 Å². The summed E-state index contributed by atoms with van der Waals surface area (Å²) in [4.78, 5) is 39.0. The number of nitrogens with one attached hydrogen (secondary N) is 1. The zero-order valence-corrected chi connectivity index (χ0v) is 18.2. The number of halogens is 4. The van der Waals surface area contributed by atoms with E-state index < -0.39 is 40.4 Å². The van der Waals surface area contributed by atoms with Gasteiger partial charge in [0.2, 0.25) is 5.69 Å². The highest BCUT2D eigenvalue weighted by Gasteiger charge is 2.31. The molecule has 0 unspecified atom stereocenters. The Balaban J connectivity index is 1.79. The molecule has 1 aromatic heterocycles. The zero-order valence-electron chi connectivity index (χ0n) is 18.2. The van der Waals surface area contributed by atoms with Gasteiger partial charge in [-0.3, -0.25) is 14.2 Å². The molecule has 0 radical (unpaired) electrons. The van der Waals surface area contributed by atoms with Gasteiger partial charge in [0, 0.05) is 13.2 Å². The Bertz CT molecular complexity index is 1340. The van der Waals surface area contributed by atoms with Crippen molar-refractivity contribution in [1.82, 2.24) is 19.7 Å². The molecule has 1 fully saturated rings. The van der Waals surface area contributed by atoms with Gasteiger partial charge in [-0.25, -0.2) is 9.18 Å². The normalized spacial score (nSPS) is 15.8. The molecule has 35 heavy (non-hydrogen) atoms. The van der Waals surface area contributed by atoms with E-state index in [1.165, 1.54) is 18.2 Å². The van der Waals surface area contributed by atoms with Crippen LogP contribution in [0.5, 0.6) is 0 Å². The molecular weight excluding hydrogens is 472 g/mol. The van der Waals surface area contributed by atoms with Crippen LogP contribution in [-0.4, -0.2) is 39.5 Å². The standard InChI is InChI=1S/C23H20F4N4O4/c24-16-8-6-14(7-9-16)13-30-21(33)19(20(32)28-12-18-5-2-10-35-18)29-31(22(30)34)17-4-1-3-15(11-17)23(25,26)27/h1,3-4,6-9,11,18H,2,5,10,12-13H2,(H,28,32)/t18-/m0/s1. The Morgan fingerprint density at radius 3 is 2.54 bits per heavy atom. The summed E-state index contributed by atoms with van der Waals surface area (Å²) in [7, 11) is 0. The molecule has 1 amide bonds. The maximum absolute atomic E-state index is 13.3. The lowest BCUT2D eigenvalue weighted by atomic mass is 10.2. The van der Waals surface area contributed by atoms with Crippen LogP contribution in [0.1, 0.15) is 34.5 Å². The van der Waals surface area contributed by atoms with Crippen LogP contribution < -0.4 is 16.6 Å². The second-order valence-corrected chi connectivity index (χ2v) is 7.95. The lowest BCUT2D eigenvalue weighted by Crippen LogP contribution is -2.46. The number of carbonyl (C=O) groups excluding carboxylic acids is 1. The summed E-state index contributed by atoms with van der Waals surface area (Å²) in [6.45, 7) is 0.287. The van der Waals surface area contributed by atoms with Gasteiger partial charge < -0.3 is 10.1 Å². The second-order valence-electron chi connectivity index (χ2n) is 7.95. The highest BCUT2D eigenvalue weighted by molar-refractivity contribution is 5.91. The number of nitrogens with zero attached hydrogens (tertiary/aromatic N) is 3. The zero-order chi connectivity index (χ0) is 25.2. The monoisotopic (exact) mass is 492 g/mol. The fourth-order valence-corrected chi connectivity index (χ4v) is 3.65. The van der Waals surface area contributed by atoms with Gasteiger partial charge in [0.1, 0.15) is 5.82 Å². The van der Waals surface area contributed by atoms with Gasteiger partial charge in [0.05, 0.1) is 23.9 Å². The van der Waals surface area contributed by atoms with Crippen LogP contribution in [0, 0.1) is 5.82 Å². The molecular formula is C23H20F4N4O4. The summed E-state index contributed by atoms with van der Waals surface area (Å²) >= 11 is 0. The molecule has 1 aliphatic rings. The number of benzene rings is 2. The summed E-state index contributed by atoms with van der Waals surface area (Å²) in [5.41, 5.74) is -3.74. The van der Waals surface area contributed by atoms with Gasteiger partial charge >= 0.3 is 11.9 Å². The molecule has 184 valence electrons. The van der Waals surface area contributed by atoms with Crippen LogP contribution in [0.3, 0.4) is 0 Å². The topological polar surface area (TPSA) is 95.2 Å². The van der Waals surface area contributed by atoms with E-state index in [4.69, 9.17) is 4.74 Å². The summed E-state index contributed by atoms with van der Waals surface area (Å²) in [5, 5.41) is 6.35. The van der Waals surface area contributed by atoms with Crippen molar-refractivity contribution >= 4 is 5.91 Å². The average Bonchev–Trinajstić information content (AvgIpc) is 3.35. The van der Waals surface area contributed by atoms with Crippen molar-refractivity contribution in [2.45, 2.75) is 31.7 Å². The van der Waals surface area contributed by atoms with Crippen LogP contribution in [0.15, 0.2) is 58.1 Å². The van der Waals surface area contributed by atoms with Crippen molar-refractivity contribution in [3.05, 3.63) is 92.0 Å². The van der Waals surface area contributed by atoms with Crippen molar-refractivity contribution < 1.29 is 27.1 Å². The Labute approximate surface area is 195 Å². The smallest absolute Gasteiger partial charge is 0.376 e. The fraction of sp³-hybridized carbons (Fsp3) is 0.304. The van der Waals surface area contributed by atoms with Crippen molar-refractivity contribution in [1.29, 1.82) is 0 Å². The van der Waals surface area contributed by atoms with Crippen LogP contribution >= 0.6 is 0 Å². The molecule has 1 atom stereocenters. The molecule has 1 aliphatic heterocycles. The van der Waals surface area contributed by atoms with Crippen molar-refractivity contribution in [3.8, 4) is 5.69 Å². The van der Waals surface area contributed by atoms with Gasteiger partial charge in [0.25, 0.3) is 11.5 Å². The Hall–Kier alpha value is -3.80. The average molecular weight is 492 g/mol. The molecule has 4 rings (SSSR count). The molecule has 0 saturated carbocycles. The minimum atomic E-state index is -4.69. The summed E-state index contributed by atoms with van der Waals surface area (Å²) in [5.74, 6) is -1.44. The third-order valence-corrected chi connectivity index (χ3v) is 5.46. The van der Waals surface area contributed by atoms with E-state index in [-0.39, 0.29) is 24.9 Å². The fourth-order valence-electron chi connectivity index (χ4n) is 3.65. The SMILES string of the molecule is O=C(NC[C@@H]1CCCO1)c1nn(-c2cccc(C(F)(F)F)c2)c(=O)n(Cc2ccc(F)cc2)c1=O. The molecule has 3 aromatic rings. The number of hydrogen-bond donors (Lipinski definition) is 1. The van der Waals surface area contributed by atoms with Crippen LogP contribution in [-0.2, 0) is 17.5 Å². The first kappa shape index (κ1) is 24.3. The van der Waals surface area contributed by atoms with E-state index in [1.54, 1.807) is 0 Å². The second kappa shape index (κ2) is 9.82. The van der Waals surface area contributed by atoms with Crippen molar-refractivity contribution in [2.75, 3.05) is 13.2 Å². The van der Waals surface area contributed by atoms with E-state index in [9.17, 15) is 31.9 Å². The summed E-state index contributed by atoms with van der Waals surface area (Å²) in [6.07, 6.45) is -3.39. The maximum Gasteiger partial charge on any atom is 0.416 e. The van der Waals surface area contributed by atoms with Crippen molar-refractivity contribution in [3.63, 3.8) is 0 Å². The Kier molecular flexibility index (Phi) is 6.83. The Morgan fingerprint density at radius 1 is 1.14 bits per heavy atom. The van der Waals surface area contributed by atoms with Gasteiger partial charge in [-0.1, -0.05) is 18.2 Å². The number of aromatic nitrogens is 3. The van der Waals surface area contributed by atoms with Gasteiger partial charge in [-0.15, -0.1) is 0 Å². The number of carbonyl (C=O) groups is 1. The molecule has 0 bridgehead atoms. The maximum atomic E-state index is 13.3. The lowest BCUT2D eigenvalue weighted by molar-refractivity contribution is -0.137. The highest BCUT2D eigenvalue weighted by atomic mass is 19.4. The number of hydrogen-bond acceptors (Lipinski definition) is 5. The third kappa shape index (κ3) is 5.48. The van der Waals surface area contributed by atoms with Crippen LogP contribution in [0.2, 0.25) is 0 Å². The first-order valence-corrected chi connectivity index (χ1v) is 10.7. The van der Waals surface area contributed by atoms with Gasteiger partial charge in [-0.2, -0.15) is 23.0 Å². The van der Waals surface area contributed by atoms with Crippen LogP contribution in [0.4, 0.5) is 17.6 Å². The number of alkyl halides is 3. The van der Waals surface area contributed by atoms with Crippen LogP contribution in [0.25, 0.3) is 5.69 Å². The van der Waals surface area contributed by atoms with E-state index in [2.05, 4.69) is 10.4 Å². The van der Waals surface area contributed by atoms with E-state index in [0.29, 0.717) is 33.9 Å².